The molecule has 13 aromatic carbocycles. The molecule has 3 heteroatoms. The average molecular weight is 923 g/mol. The zero-order chi connectivity index (χ0) is 47.5. The van der Waals surface area contributed by atoms with Crippen molar-refractivity contribution in [2.75, 3.05) is 4.90 Å². The molecule has 3 heterocycles. The first-order valence-electron chi connectivity index (χ1n) is 25.8. The van der Waals surface area contributed by atoms with Crippen molar-refractivity contribution in [1.29, 1.82) is 0 Å². The predicted octanol–water partition coefficient (Wildman–Crippen LogP) is 17.4. The van der Waals surface area contributed by atoms with Gasteiger partial charge >= 0.3 is 6.85 Å². The normalized spacial score (nSPS) is 13.5. The Morgan fingerprint density at radius 1 is 0.397 bits per heavy atom. The smallest absolute Gasteiger partial charge is 0.333 e. The Balaban J connectivity index is 1.07. The largest absolute Gasteiger partial charge is 0.375 e. The number of nitrogens with zero attached hydrogens (tertiary/aromatic N) is 2. The van der Waals surface area contributed by atoms with Gasteiger partial charge in [-0.3, -0.25) is 0 Å². The van der Waals surface area contributed by atoms with Crippen LogP contribution in [0.25, 0.3) is 126 Å². The first-order valence-corrected chi connectivity index (χ1v) is 25.8. The van der Waals surface area contributed by atoms with Gasteiger partial charge in [-0.1, -0.05) is 182 Å². The lowest BCUT2D eigenvalue weighted by atomic mass is 9.44. The van der Waals surface area contributed by atoms with Gasteiger partial charge in [0.15, 0.2) is 0 Å². The molecule has 1 aromatic heterocycles. The molecule has 14 aromatic rings. The van der Waals surface area contributed by atoms with Crippen LogP contribution in [0.2, 0.25) is 0 Å². The summed E-state index contributed by atoms with van der Waals surface area (Å²) >= 11 is 0. The minimum absolute atomic E-state index is 0.110. The lowest BCUT2D eigenvalue weighted by Gasteiger charge is -2.42. The topological polar surface area (TPSA) is 8.17 Å². The molecule has 0 amide bonds. The molecule has 336 valence electrons. The van der Waals surface area contributed by atoms with Crippen molar-refractivity contribution in [3.05, 3.63) is 242 Å². The van der Waals surface area contributed by atoms with Crippen LogP contribution >= 0.6 is 0 Å². The van der Waals surface area contributed by atoms with E-state index in [0.717, 1.165) is 18.5 Å². The van der Waals surface area contributed by atoms with E-state index in [1.54, 1.807) is 0 Å². The van der Waals surface area contributed by atoms with Crippen molar-refractivity contribution in [2.24, 2.45) is 0 Å². The van der Waals surface area contributed by atoms with Crippen molar-refractivity contribution < 1.29 is 0 Å². The molecule has 17 rings (SSSR count). The molecule has 1 aliphatic carbocycles. The van der Waals surface area contributed by atoms with E-state index in [2.05, 4.69) is 246 Å². The molecule has 0 N–H and O–H groups in total. The number of rotatable bonds is 3. The van der Waals surface area contributed by atoms with Gasteiger partial charge in [0.05, 0.1) is 0 Å². The Morgan fingerprint density at radius 3 is 1.64 bits per heavy atom. The molecule has 73 heavy (non-hydrogen) atoms. The molecule has 0 saturated heterocycles. The second-order valence-electron chi connectivity index (χ2n) is 20.6. The number of benzene rings is 13. The number of anilines is 3. The lowest BCUT2D eigenvalue weighted by Crippen LogP contribution is -2.57. The van der Waals surface area contributed by atoms with Gasteiger partial charge in [0.1, 0.15) is 0 Å². The van der Waals surface area contributed by atoms with Crippen molar-refractivity contribution >= 4 is 127 Å². The third kappa shape index (κ3) is 5.43. The summed E-state index contributed by atoms with van der Waals surface area (Å²) in [5.74, 6) is 0. The second-order valence-corrected chi connectivity index (χ2v) is 20.6. The first kappa shape index (κ1) is 39.5. The van der Waals surface area contributed by atoms with Crippen LogP contribution in [0.1, 0.15) is 17.5 Å². The highest BCUT2D eigenvalue weighted by atomic mass is 15.2. The van der Waals surface area contributed by atoms with Gasteiger partial charge in [0.25, 0.3) is 0 Å². The van der Waals surface area contributed by atoms with Gasteiger partial charge in [0, 0.05) is 44.4 Å². The molecule has 0 unspecified atom stereocenters. The predicted molar refractivity (Wildman–Crippen MR) is 313 cm³/mol. The summed E-state index contributed by atoms with van der Waals surface area (Å²) in [7, 11) is 0. The summed E-state index contributed by atoms with van der Waals surface area (Å²) in [4.78, 5) is 2.65. The van der Waals surface area contributed by atoms with Crippen LogP contribution in [0.5, 0.6) is 0 Å². The van der Waals surface area contributed by atoms with E-state index in [-0.39, 0.29) is 6.85 Å². The molecule has 0 atom stereocenters. The van der Waals surface area contributed by atoms with Crippen LogP contribution in [0, 0.1) is 0 Å². The van der Waals surface area contributed by atoms with Gasteiger partial charge < -0.3 is 9.38 Å². The summed E-state index contributed by atoms with van der Waals surface area (Å²) in [6.07, 6.45) is 6.82. The molecular formula is C70H43BN2. The van der Waals surface area contributed by atoms with Crippen LogP contribution in [0.4, 0.5) is 17.1 Å². The summed E-state index contributed by atoms with van der Waals surface area (Å²) < 4.78 is 2.78. The van der Waals surface area contributed by atoms with E-state index in [0.29, 0.717) is 0 Å². The Morgan fingerprint density at radius 2 is 0.973 bits per heavy atom. The summed E-state index contributed by atoms with van der Waals surface area (Å²) in [6.45, 7) is -0.110. The van der Waals surface area contributed by atoms with Crippen LogP contribution in [-0.2, 0) is 6.42 Å². The fourth-order valence-electron chi connectivity index (χ4n) is 13.8. The SMILES string of the molecule is C1=Cc2cc3c4c(c2CC1)-c1cc2ccccc2c2c5c6ccccc6ccc5n(c12)B4c1cc2cc4c5ccccc5c5ccccc5c4cc2cc1N3c1cc(-c2ccccc2)cc(-c2ccccc2)c1. The molecule has 0 spiro atoms. The fourth-order valence-corrected chi connectivity index (χ4v) is 13.8. The van der Waals surface area contributed by atoms with Crippen LogP contribution in [-0.4, -0.2) is 11.3 Å². The van der Waals surface area contributed by atoms with E-state index in [1.807, 2.05) is 0 Å². The lowest BCUT2D eigenvalue weighted by molar-refractivity contribution is 0.988. The van der Waals surface area contributed by atoms with E-state index in [9.17, 15) is 0 Å². The molecule has 3 aliphatic rings. The molecule has 0 fully saturated rings. The van der Waals surface area contributed by atoms with Crippen molar-refractivity contribution in [3.8, 4) is 33.4 Å². The standard InChI is InChI=1S/C70H43BN2/c1-3-17-42(18-4-1)47-33-48(43-19-5-2-6-20-43)35-51(34-47)72-64-41-50-38-60-58-30-16-14-28-56(58)55-27-13-15-29-57(55)59(60)37-49(50)39-62(64)71-69-65(72)40-46-23-9-11-25-53(46)66(69)61-36-45-22-8-12-26-54(45)68-67-52-24-10-7-21-44(52)31-32-63(67)73(71)70(61)68/h1-10,12-24,26-41H,11,25H2. The number of aromatic nitrogens is 1. The van der Waals surface area contributed by atoms with Crippen molar-refractivity contribution in [2.45, 2.75) is 12.8 Å². The van der Waals surface area contributed by atoms with Crippen molar-refractivity contribution in [1.82, 2.24) is 4.48 Å². The molecule has 0 radical (unpaired) electrons. The maximum absolute atomic E-state index is 2.78. The summed E-state index contributed by atoms with van der Waals surface area (Å²) in [5.41, 5.74) is 19.2. The zero-order valence-electron chi connectivity index (χ0n) is 39.9. The van der Waals surface area contributed by atoms with E-state index in [1.165, 1.54) is 153 Å². The first-order chi connectivity index (χ1) is 36.2. The molecule has 0 saturated carbocycles. The monoisotopic (exact) mass is 922 g/mol. The minimum Gasteiger partial charge on any atom is -0.375 e. The Labute approximate surface area is 422 Å². The van der Waals surface area contributed by atoms with E-state index < -0.39 is 0 Å². The van der Waals surface area contributed by atoms with Crippen LogP contribution in [0.15, 0.2) is 231 Å². The van der Waals surface area contributed by atoms with Gasteiger partial charge in [-0.25, -0.2) is 0 Å². The summed E-state index contributed by atoms with van der Waals surface area (Å²) in [6, 6.07) is 85.2. The Hall–Kier alpha value is -9.18. The van der Waals surface area contributed by atoms with Gasteiger partial charge in [-0.15, -0.1) is 0 Å². The zero-order valence-corrected chi connectivity index (χ0v) is 39.9. The second kappa shape index (κ2) is 14.7. The fraction of sp³-hybridized carbons (Fsp3) is 0.0286. The van der Waals surface area contributed by atoms with Crippen LogP contribution in [0.3, 0.4) is 0 Å². The van der Waals surface area contributed by atoms with Crippen LogP contribution < -0.4 is 15.8 Å². The Kier molecular flexibility index (Phi) is 7.96. The number of allylic oxidation sites excluding steroid dienone is 1. The van der Waals surface area contributed by atoms with E-state index >= 15 is 0 Å². The van der Waals surface area contributed by atoms with E-state index in [4.69, 9.17) is 0 Å². The molecule has 2 nitrogen and oxygen atoms in total. The highest BCUT2D eigenvalue weighted by Crippen LogP contribution is 2.52. The molecule has 0 bridgehead atoms. The highest BCUT2D eigenvalue weighted by Gasteiger charge is 2.45. The Bertz CT molecular complexity index is 4740. The van der Waals surface area contributed by atoms with Gasteiger partial charge in [0.2, 0.25) is 0 Å². The minimum atomic E-state index is -0.110. The van der Waals surface area contributed by atoms with Gasteiger partial charge in [-0.05, 0) is 182 Å². The molecule has 2 aliphatic heterocycles. The molecular weight excluding hydrogens is 880 g/mol. The van der Waals surface area contributed by atoms with Gasteiger partial charge in [-0.2, -0.15) is 0 Å². The maximum atomic E-state index is 2.78. The third-order valence-corrected chi connectivity index (χ3v) is 16.8. The summed E-state index contributed by atoms with van der Waals surface area (Å²) in [5, 5.41) is 18.1. The maximum Gasteiger partial charge on any atom is 0.333 e. The number of hydrogen-bond donors (Lipinski definition) is 0. The van der Waals surface area contributed by atoms with Crippen molar-refractivity contribution in [3.63, 3.8) is 0 Å². The number of fused-ring (bicyclic) bond motifs is 20. The average Bonchev–Trinajstić information content (AvgIpc) is 3.82. The number of hydrogen-bond acceptors (Lipinski definition) is 1. The third-order valence-electron chi connectivity index (χ3n) is 16.8. The quantitative estimate of drug-likeness (QED) is 0.0974. The highest BCUT2D eigenvalue weighted by molar-refractivity contribution is 6.90.